The molecule has 0 saturated heterocycles. The van der Waals surface area contributed by atoms with Gasteiger partial charge in [-0.2, -0.15) is 0 Å². The Morgan fingerprint density at radius 1 is 1.33 bits per heavy atom. The average molecular weight is 309 g/mol. The SMILES string of the molecule is CC(C)(C)CC(N)Cc1nc2ccc(S(C)(=O)=O)cc2[nH]1. The number of rotatable bonds is 4. The molecule has 1 aromatic carbocycles. The third-order valence-corrected chi connectivity index (χ3v) is 4.37. The Kier molecular flexibility index (Phi) is 4.13. The zero-order valence-electron chi connectivity index (χ0n) is 13.0. The maximum absolute atomic E-state index is 11.6. The highest BCUT2D eigenvalue weighted by molar-refractivity contribution is 7.90. The third kappa shape index (κ3) is 4.28. The molecule has 3 N–H and O–H groups in total. The van der Waals surface area contributed by atoms with Crippen LogP contribution in [-0.2, 0) is 16.3 Å². The molecule has 1 heterocycles. The minimum Gasteiger partial charge on any atom is -0.342 e. The molecule has 0 fully saturated rings. The highest BCUT2D eigenvalue weighted by atomic mass is 32.2. The fourth-order valence-electron chi connectivity index (χ4n) is 2.48. The number of aromatic amines is 1. The number of imidazole rings is 1. The van der Waals surface area contributed by atoms with Gasteiger partial charge in [-0.15, -0.1) is 0 Å². The minimum atomic E-state index is -3.20. The lowest BCUT2D eigenvalue weighted by Crippen LogP contribution is -2.28. The average Bonchev–Trinajstić information content (AvgIpc) is 2.65. The molecule has 1 atom stereocenters. The van der Waals surface area contributed by atoms with Crippen LogP contribution in [0.3, 0.4) is 0 Å². The third-order valence-electron chi connectivity index (χ3n) is 3.26. The van der Waals surface area contributed by atoms with Gasteiger partial charge in [0, 0.05) is 18.7 Å². The summed E-state index contributed by atoms with van der Waals surface area (Å²) in [6, 6.07) is 4.95. The molecular weight excluding hydrogens is 286 g/mol. The van der Waals surface area contributed by atoms with E-state index >= 15 is 0 Å². The first-order valence-corrected chi connectivity index (χ1v) is 8.88. The molecule has 1 aromatic heterocycles. The van der Waals surface area contributed by atoms with Crippen molar-refractivity contribution in [1.82, 2.24) is 9.97 Å². The van der Waals surface area contributed by atoms with Crippen molar-refractivity contribution >= 4 is 20.9 Å². The zero-order valence-corrected chi connectivity index (χ0v) is 13.8. The molecule has 21 heavy (non-hydrogen) atoms. The molecule has 0 aliphatic heterocycles. The van der Waals surface area contributed by atoms with Crippen LogP contribution >= 0.6 is 0 Å². The van der Waals surface area contributed by atoms with Gasteiger partial charge in [0.05, 0.1) is 15.9 Å². The van der Waals surface area contributed by atoms with E-state index in [0.717, 1.165) is 23.3 Å². The van der Waals surface area contributed by atoms with Gasteiger partial charge in [-0.1, -0.05) is 20.8 Å². The number of nitrogens with two attached hydrogens (primary N) is 1. The molecule has 0 spiro atoms. The maximum atomic E-state index is 11.6. The van der Waals surface area contributed by atoms with Crippen LogP contribution in [-0.4, -0.2) is 30.7 Å². The van der Waals surface area contributed by atoms with Crippen molar-refractivity contribution in [1.29, 1.82) is 0 Å². The highest BCUT2D eigenvalue weighted by Crippen LogP contribution is 2.22. The molecule has 0 bridgehead atoms. The van der Waals surface area contributed by atoms with Gasteiger partial charge >= 0.3 is 0 Å². The van der Waals surface area contributed by atoms with Gasteiger partial charge in [-0.25, -0.2) is 13.4 Å². The van der Waals surface area contributed by atoms with Crippen LogP contribution in [0, 0.1) is 5.41 Å². The second-order valence-electron chi connectivity index (χ2n) is 6.86. The second kappa shape index (κ2) is 5.42. The first-order valence-electron chi connectivity index (χ1n) is 6.99. The summed E-state index contributed by atoms with van der Waals surface area (Å²) >= 11 is 0. The van der Waals surface area contributed by atoms with Crippen LogP contribution in [0.4, 0.5) is 0 Å². The number of benzene rings is 1. The fourth-order valence-corrected chi connectivity index (χ4v) is 3.12. The van der Waals surface area contributed by atoms with Crippen LogP contribution in [0.15, 0.2) is 23.1 Å². The van der Waals surface area contributed by atoms with Crippen LogP contribution in [0.25, 0.3) is 11.0 Å². The number of fused-ring (bicyclic) bond motifs is 1. The van der Waals surface area contributed by atoms with Gasteiger partial charge in [0.1, 0.15) is 5.82 Å². The van der Waals surface area contributed by atoms with Crippen molar-refractivity contribution in [2.24, 2.45) is 11.1 Å². The van der Waals surface area contributed by atoms with Gasteiger partial charge in [0.15, 0.2) is 9.84 Å². The molecule has 0 amide bonds. The van der Waals surface area contributed by atoms with E-state index in [1.165, 1.54) is 6.26 Å². The number of H-pyrrole nitrogens is 1. The largest absolute Gasteiger partial charge is 0.342 e. The quantitative estimate of drug-likeness (QED) is 0.906. The van der Waals surface area contributed by atoms with Crippen molar-refractivity contribution in [2.45, 2.75) is 44.6 Å². The molecule has 2 aromatic rings. The minimum absolute atomic E-state index is 0.0277. The molecule has 1 unspecified atom stereocenters. The van der Waals surface area contributed by atoms with Gasteiger partial charge in [0.25, 0.3) is 0 Å². The van der Waals surface area contributed by atoms with Crippen LogP contribution < -0.4 is 5.73 Å². The van der Waals surface area contributed by atoms with E-state index in [0.29, 0.717) is 11.3 Å². The first-order chi connectivity index (χ1) is 9.54. The normalized spacial score (nSPS) is 14.5. The molecular formula is C15H23N3O2S. The number of nitrogens with zero attached hydrogens (tertiary/aromatic N) is 1. The van der Waals surface area contributed by atoms with Crippen molar-refractivity contribution in [3.8, 4) is 0 Å². The van der Waals surface area contributed by atoms with Crippen molar-refractivity contribution < 1.29 is 8.42 Å². The fraction of sp³-hybridized carbons (Fsp3) is 0.533. The second-order valence-corrected chi connectivity index (χ2v) is 8.88. The van der Waals surface area contributed by atoms with Gasteiger partial charge < -0.3 is 10.7 Å². The smallest absolute Gasteiger partial charge is 0.175 e. The number of sulfone groups is 1. The zero-order chi connectivity index (χ0) is 15.8. The van der Waals surface area contributed by atoms with Gasteiger partial charge in [0.2, 0.25) is 0 Å². The predicted octanol–water partition coefficient (Wildman–Crippen LogP) is 2.27. The number of aromatic nitrogens is 2. The van der Waals surface area contributed by atoms with E-state index in [4.69, 9.17) is 5.73 Å². The Bertz CT molecular complexity index is 742. The molecule has 0 aliphatic carbocycles. The Hall–Kier alpha value is -1.40. The summed E-state index contributed by atoms with van der Waals surface area (Å²) < 4.78 is 23.1. The lowest BCUT2D eigenvalue weighted by atomic mass is 9.87. The van der Waals surface area contributed by atoms with E-state index < -0.39 is 9.84 Å². The topological polar surface area (TPSA) is 88.8 Å². The van der Waals surface area contributed by atoms with Gasteiger partial charge in [-0.3, -0.25) is 0 Å². The first kappa shape index (κ1) is 16.0. The van der Waals surface area contributed by atoms with Crippen LogP contribution in [0.5, 0.6) is 0 Å². The molecule has 5 nitrogen and oxygen atoms in total. The summed E-state index contributed by atoms with van der Waals surface area (Å²) in [6.07, 6.45) is 2.75. The van der Waals surface area contributed by atoms with E-state index in [-0.39, 0.29) is 11.5 Å². The molecule has 0 radical (unpaired) electrons. The Morgan fingerprint density at radius 2 is 2.00 bits per heavy atom. The van der Waals surface area contributed by atoms with Crippen LogP contribution in [0.2, 0.25) is 0 Å². The standard InChI is InChI=1S/C15H23N3O2S/c1-15(2,3)9-10(16)7-14-17-12-6-5-11(21(4,19)20)8-13(12)18-14/h5-6,8,10H,7,9,16H2,1-4H3,(H,17,18). The van der Waals surface area contributed by atoms with Crippen molar-refractivity contribution in [2.75, 3.05) is 6.26 Å². The molecule has 6 heteroatoms. The molecule has 0 saturated carbocycles. The molecule has 0 aliphatic rings. The van der Waals surface area contributed by atoms with Crippen molar-refractivity contribution in [3.63, 3.8) is 0 Å². The lowest BCUT2D eigenvalue weighted by Gasteiger charge is -2.22. The summed E-state index contributed by atoms with van der Waals surface area (Å²) in [4.78, 5) is 7.94. The highest BCUT2D eigenvalue weighted by Gasteiger charge is 2.17. The monoisotopic (exact) mass is 309 g/mol. The Balaban J connectivity index is 2.23. The maximum Gasteiger partial charge on any atom is 0.175 e. The summed E-state index contributed by atoms with van der Waals surface area (Å²) in [7, 11) is -3.20. The van der Waals surface area contributed by atoms with Crippen molar-refractivity contribution in [3.05, 3.63) is 24.0 Å². The van der Waals surface area contributed by atoms with Crippen LogP contribution in [0.1, 0.15) is 33.0 Å². The van der Waals surface area contributed by atoms with E-state index in [2.05, 4.69) is 30.7 Å². The molecule has 116 valence electrons. The number of nitrogens with one attached hydrogen (secondary N) is 1. The Morgan fingerprint density at radius 3 is 2.57 bits per heavy atom. The van der Waals surface area contributed by atoms with E-state index in [9.17, 15) is 8.42 Å². The Labute approximate surface area is 125 Å². The predicted molar refractivity (Wildman–Crippen MR) is 85.0 cm³/mol. The lowest BCUT2D eigenvalue weighted by molar-refractivity contribution is 0.337. The summed E-state index contributed by atoms with van der Waals surface area (Å²) in [5, 5.41) is 0. The number of hydrogen-bond acceptors (Lipinski definition) is 4. The van der Waals surface area contributed by atoms with E-state index in [1.54, 1.807) is 18.2 Å². The molecule has 2 rings (SSSR count). The summed E-state index contributed by atoms with van der Waals surface area (Å²) in [6.45, 7) is 6.47. The summed E-state index contributed by atoms with van der Waals surface area (Å²) in [5.41, 5.74) is 7.83. The van der Waals surface area contributed by atoms with E-state index in [1.807, 2.05) is 0 Å². The van der Waals surface area contributed by atoms with Gasteiger partial charge in [-0.05, 0) is 30.0 Å². The number of hydrogen-bond donors (Lipinski definition) is 2. The summed E-state index contributed by atoms with van der Waals surface area (Å²) in [5.74, 6) is 0.799.